The van der Waals surface area contributed by atoms with Crippen LogP contribution in [-0.2, 0) is 0 Å². The highest BCUT2D eigenvalue weighted by Crippen LogP contribution is 2.31. The lowest BCUT2D eigenvalue weighted by atomic mass is 9.80. The van der Waals surface area contributed by atoms with Crippen molar-refractivity contribution in [3.63, 3.8) is 0 Å². The molecule has 1 fully saturated rings. The van der Waals surface area contributed by atoms with E-state index in [9.17, 15) is 8.78 Å². The minimum atomic E-state index is -2.35. The van der Waals surface area contributed by atoms with Crippen LogP contribution in [-0.4, -0.2) is 11.8 Å². The van der Waals surface area contributed by atoms with Gasteiger partial charge >= 0.3 is 0 Å². The second kappa shape index (κ2) is 6.60. The van der Waals surface area contributed by atoms with Crippen molar-refractivity contribution in [2.75, 3.05) is 5.32 Å². The molecule has 106 valence electrons. The van der Waals surface area contributed by atoms with Crippen LogP contribution in [0.4, 0.5) is 14.5 Å². The van der Waals surface area contributed by atoms with Crippen molar-refractivity contribution in [3.05, 3.63) is 24.3 Å². The fourth-order valence-corrected chi connectivity index (χ4v) is 3.18. The predicted molar refractivity (Wildman–Crippen MR) is 77.9 cm³/mol. The maximum absolute atomic E-state index is 12.2. The monoisotopic (exact) mass is 285 g/mol. The Morgan fingerprint density at radius 3 is 2.47 bits per heavy atom. The fraction of sp³-hybridized carbons (Fsp3) is 0.600. The summed E-state index contributed by atoms with van der Waals surface area (Å²) in [5, 5.41) is 3.54. The summed E-state index contributed by atoms with van der Waals surface area (Å²) < 4.78 is 24.5. The zero-order valence-corrected chi connectivity index (χ0v) is 12.2. The molecule has 1 nitrogen and oxygen atoms in total. The standard InChI is InChI=1S/C15H21F2NS/c1-10-3-4-11(2)14(9-10)18-12-5-7-13(8-6-12)19-15(16)17/h5-8,10-11,14-15,18H,3-4,9H2,1-2H3. The third-order valence-corrected chi connectivity index (χ3v) is 4.61. The van der Waals surface area contributed by atoms with Gasteiger partial charge in [-0.3, -0.25) is 0 Å². The molecular formula is C15H21F2NS. The topological polar surface area (TPSA) is 12.0 Å². The van der Waals surface area contributed by atoms with E-state index in [1.54, 1.807) is 12.1 Å². The lowest BCUT2D eigenvalue weighted by Crippen LogP contribution is -2.33. The van der Waals surface area contributed by atoms with Crippen molar-refractivity contribution in [2.45, 2.75) is 49.8 Å². The predicted octanol–water partition coefficient (Wildman–Crippen LogP) is 5.24. The molecular weight excluding hydrogens is 264 g/mol. The van der Waals surface area contributed by atoms with Crippen molar-refractivity contribution >= 4 is 17.4 Å². The number of hydrogen-bond donors (Lipinski definition) is 1. The van der Waals surface area contributed by atoms with Gasteiger partial charge in [0.15, 0.2) is 0 Å². The van der Waals surface area contributed by atoms with Crippen LogP contribution in [0.5, 0.6) is 0 Å². The second-order valence-corrected chi connectivity index (χ2v) is 6.61. The number of hydrogen-bond acceptors (Lipinski definition) is 2. The number of nitrogens with one attached hydrogen (secondary N) is 1. The Morgan fingerprint density at radius 2 is 1.84 bits per heavy atom. The fourth-order valence-electron chi connectivity index (χ4n) is 2.68. The molecule has 0 aromatic heterocycles. The molecule has 0 saturated heterocycles. The van der Waals surface area contributed by atoms with Gasteiger partial charge < -0.3 is 5.32 Å². The SMILES string of the molecule is CC1CCC(C)C(Nc2ccc(SC(F)F)cc2)C1. The van der Waals surface area contributed by atoms with Crippen molar-refractivity contribution in [2.24, 2.45) is 11.8 Å². The average Bonchev–Trinajstić information content (AvgIpc) is 2.35. The van der Waals surface area contributed by atoms with Gasteiger partial charge in [-0.1, -0.05) is 32.0 Å². The first-order valence-electron chi connectivity index (χ1n) is 6.86. The Hall–Kier alpha value is -0.770. The average molecular weight is 285 g/mol. The minimum absolute atomic E-state index is 0.498. The van der Waals surface area contributed by atoms with E-state index in [-0.39, 0.29) is 0 Å². The lowest BCUT2D eigenvalue weighted by molar-refractivity contribution is 0.252. The largest absolute Gasteiger partial charge is 0.382 e. The first-order valence-corrected chi connectivity index (χ1v) is 7.74. The number of benzene rings is 1. The van der Waals surface area contributed by atoms with Crippen molar-refractivity contribution in [1.29, 1.82) is 0 Å². The van der Waals surface area contributed by atoms with Crippen LogP contribution in [0.3, 0.4) is 0 Å². The molecule has 4 heteroatoms. The third kappa shape index (κ3) is 4.37. The summed E-state index contributed by atoms with van der Waals surface area (Å²) in [7, 11) is 0. The van der Waals surface area contributed by atoms with Gasteiger partial charge in [-0.25, -0.2) is 0 Å². The Kier molecular flexibility index (Phi) is 5.08. The molecule has 1 aliphatic rings. The number of anilines is 1. The second-order valence-electron chi connectivity index (χ2n) is 5.55. The maximum atomic E-state index is 12.2. The van der Waals surface area contributed by atoms with Gasteiger partial charge in [0, 0.05) is 16.6 Å². The Balaban J connectivity index is 1.95. The summed E-state index contributed by atoms with van der Waals surface area (Å²) in [6, 6.07) is 7.82. The zero-order chi connectivity index (χ0) is 13.8. The quantitative estimate of drug-likeness (QED) is 0.759. The highest BCUT2D eigenvalue weighted by molar-refractivity contribution is 7.99. The van der Waals surface area contributed by atoms with Crippen LogP contribution in [0.25, 0.3) is 0 Å². The lowest BCUT2D eigenvalue weighted by Gasteiger charge is -2.34. The molecule has 1 aromatic rings. The van der Waals surface area contributed by atoms with Gasteiger partial charge in [-0.05, 0) is 48.9 Å². The number of thioether (sulfide) groups is 1. The summed E-state index contributed by atoms with van der Waals surface area (Å²) in [5.41, 5.74) is 1.03. The van der Waals surface area contributed by atoms with E-state index in [1.807, 2.05) is 12.1 Å². The van der Waals surface area contributed by atoms with Crippen LogP contribution < -0.4 is 5.32 Å². The first-order chi connectivity index (χ1) is 9.04. The summed E-state index contributed by atoms with van der Waals surface area (Å²) in [6.45, 7) is 4.58. The van der Waals surface area contributed by atoms with Gasteiger partial charge in [-0.15, -0.1) is 0 Å². The van der Waals surface area contributed by atoms with Gasteiger partial charge in [0.1, 0.15) is 0 Å². The van der Waals surface area contributed by atoms with E-state index < -0.39 is 5.76 Å². The van der Waals surface area contributed by atoms with E-state index in [1.165, 1.54) is 19.3 Å². The zero-order valence-electron chi connectivity index (χ0n) is 11.4. The Morgan fingerprint density at radius 1 is 1.16 bits per heavy atom. The van der Waals surface area contributed by atoms with Crippen LogP contribution >= 0.6 is 11.8 Å². The van der Waals surface area contributed by atoms with Crippen LogP contribution in [0, 0.1) is 11.8 Å². The molecule has 0 radical (unpaired) electrons. The van der Waals surface area contributed by atoms with Gasteiger partial charge in [-0.2, -0.15) is 8.78 Å². The number of halogens is 2. The van der Waals surface area contributed by atoms with Gasteiger partial charge in [0.05, 0.1) is 0 Å². The highest BCUT2D eigenvalue weighted by atomic mass is 32.2. The maximum Gasteiger partial charge on any atom is 0.288 e. The van der Waals surface area contributed by atoms with Crippen LogP contribution in [0.15, 0.2) is 29.2 Å². The number of rotatable bonds is 4. The first kappa shape index (κ1) is 14.6. The van der Waals surface area contributed by atoms with E-state index >= 15 is 0 Å². The molecule has 1 N–H and O–H groups in total. The molecule has 1 aliphatic carbocycles. The number of alkyl halides is 2. The smallest absolute Gasteiger partial charge is 0.288 e. The summed E-state index contributed by atoms with van der Waals surface area (Å²) in [6.07, 6.45) is 3.76. The molecule has 0 heterocycles. The Labute approximate surface area is 118 Å². The van der Waals surface area contributed by atoms with Gasteiger partial charge in [0.2, 0.25) is 0 Å². The van der Waals surface area contributed by atoms with E-state index in [0.29, 0.717) is 28.6 Å². The molecule has 2 rings (SSSR count). The molecule has 3 atom stereocenters. The summed E-state index contributed by atoms with van der Waals surface area (Å²) in [4.78, 5) is 0.616. The molecule has 3 unspecified atom stereocenters. The minimum Gasteiger partial charge on any atom is -0.382 e. The van der Waals surface area contributed by atoms with Crippen molar-refractivity contribution < 1.29 is 8.78 Å². The molecule has 1 saturated carbocycles. The van der Waals surface area contributed by atoms with E-state index in [0.717, 1.165) is 11.6 Å². The molecule has 0 amide bonds. The van der Waals surface area contributed by atoms with Crippen molar-refractivity contribution in [3.8, 4) is 0 Å². The van der Waals surface area contributed by atoms with Gasteiger partial charge in [0.25, 0.3) is 5.76 Å². The normalized spacial score (nSPS) is 27.5. The highest BCUT2D eigenvalue weighted by Gasteiger charge is 2.25. The molecule has 0 spiro atoms. The molecule has 0 aliphatic heterocycles. The third-order valence-electron chi connectivity index (χ3n) is 3.89. The molecule has 19 heavy (non-hydrogen) atoms. The van der Waals surface area contributed by atoms with Crippen LogP contribution in [0.2, 0.25) is 0 Å². The summed E-state index contributed by atoms with van der Waals surface area (Å²) in [5.74, 6) is -0.910. The van der Waals surface area contributed by atoms with E-state index in [2.05, 4.69) is 19.2 Å². The Bertz CT molecular complexity index is 394. The van der Waals surface area contributed by atoms with Crippen molar-refractivity contribution in [1.82, 2.24) is 0 Å². The summed E-state index contributed by atoms with van der Waals surface area (Å²) >= 11 is 0.593. The molecule has 0 bridgehead atoms. The van der Waals surface area contributed by atoms with E-state index in [4.69, 9.17) is 0 Å². The van der Waals surface area contributed by atoms with Crippen LogP contribution in [0.1, 0.15) is 33.1 Å². The molecule has 1 aromatic carbocycles.